The van der Waals surface area contributed by atoms with E-state index in [1.165, 1.54) is 54.6 Å². The van der Waals surface area contributed by atoms with E-state index in [0.717, 1.165) is 6.07 Å². The molecule has 0 bridgehead atoms. The minimum absolute atomic E-state index is 0.0236. The van der Waals surface area contributed by atoms with Gasteiger partial charge in [-0.25, -0.2) is 17.2 Å². The van der Waals surface area contributed by atoms with E-state index in [1.807, 2.05) is 0 Å². The van der Waals surface area contributed by atoms with Crippen molar-refractivity contribution in [3.05, 3.63) is 84.4 Å². The van der Waals surface area contributed by atoms with Gasteiger partial charge in [-0.15, -0.1) is 0 Å². The monoisotopic (exact) mass is 413 g/mol. The molecule has 0 amide bonds. The van der Waals surface area contributed by atoms with Crippen LogP contribution in [0.2, 0.25) is 0 Å². The summed E-state index contributed by atoms with van der Waals surface area (Å²) in [4.78, 5) is 4.11. The molecule has 1 heterocycles. The largest absolute Gasteiger partial charge is 0.334 e. The van der Waals surface area contributed by atoms with Crippen LogP contribution in [0.1, 0.15) is 0 Å². The lowest BCUT2D eigenvalue weighted by Crippen LogP contribution is -2.14. The zero-order valence-electron chi connectivity index (χ0n) is 14.7. The summed E-state index contributed by atoms with van der Waals surface area (Å²) in [5, 5.41) is 3.84. The molecule has 0 saturated carbocycles. The molecule has 1 aromatic heterocycles. The molecule has 0 spiro atoms. The van der Waals surface area contributed by atoms with Gasteiger partial charge in [-0.3, -0.25) is 4.72 Å². The van der Waals surface area contributed by atoms with Crippen LogP contribution >= 0.6 is 0 Å². The Morgan fingerprint density at radius 3 is 2.38 bits per heavy atom. The second kappa shape index (κ2) is 7.44. The molecule has 29 heavy (non-hydrogen) atoms. The first-order valence-electron chi connectivity index (χ1n) is 8.40. The van der Waals surface area contributed by atoms with Crippen molar-refractivity contribution in [3.63, 3.8) is 0 Å². The standard InChI is InChI=1S/C20H13F2N3O3S/c21-14-10-8-13(9-11-14)19-23-20(28-24-19)17-6-1-2-7-18(17)29(26,27)25-16-5-3-4-15(22)12-16/h1-12,25H. The normalized spacial score (nSPS) is 11.4. The third-order valence-electron chi connectivity index (χ3n) is 4.01. The van der Waals surface area contributed by atoms with Crippen LogP contribution in [0.25, 0.3) is 22.8 Å². The first-order chi connectivity index (χ1) is 13.9. The van der Waals surface area contributed by atoms with Gasteiger partial charge < -0.3 is 4.52 Å². The lowest BCUT2D eigenvalue weighted by Gasteiger charge is -2.10. The van der Waals surface area contributed by atoms with E-state index >= 15 is 0 Å². The predicted octanol–water partition coefficient (Wildman–Crippen LogP) is 4.48. The Morgan fingerprint density at radius 2 is 1.62 bits per heavy atom. The number of nitrogens with zero attached hydrogens (tertiary/aromatic N) is 2. The van der Waals surface area contributed by atoms with E-state index in [9.17, 15) is 17.2 Å². The van der Waals surface area contributed by atoms with Crippen LogP contribution in [0.4, 0.5) is 14.5 Å². The van der Waals surface area contributed by atoms with Gasteiger partial charge >= 0.3 is 0 Å². The van der Waals surface area contributed by atoms with Gasteiger partial charge in [-0.1, -0.05) is 23.4 Å². The fourth-order valence-corrected chi connectivity index (χ4v) is 3.94. The zero-order chi connectivity index (χ0) is 20.4. The summed E-state index contributed by atoms with van der Waals surface area (Å²) >= 11 is 0. The third kappa shape index (κ3) is 3.99. The van der Waals surface area contributed by atoms with Crippen molar-refractivity contribution < 1.29 is 21.7 Å². The average Bonchev–Trinajstić information content (AvgIpc) is 3.18. The molecule has 0 unspecified atom stereocenters. The SMILES string of the molecule is O=S(=O)(Nc1cccc(F)c1)c1ccccc1-c1nc(-c2ccc(F)cc2)no1. The fourth-order valence-electron chi connectivity index (χ4n) is 2.69. The van der Waals surface area contributed by atoms with E-state index in [0.29, 0.717) is 5.56 Å². The molecular weight excluding hydrogens is 400 g/mol. The minimum atomic E-state index is -4.06. The van der Waals surface area contributed by atoms with Gasteiger partial charge in [0.15, 0.2) is 0 Å². The molecular formula is C20H13F2N3O3S. The third-order valence-corrected chi connectivity index (χ3v) is 5.45. The summed E-state index contributed by atoms with van der Waals surface area (Å²) in [7, 11) is -4.06. The molecule has 9 heteroatoms. The quantitative estimate of drug-likeness (QED) is 0.521. The molecule has 0 saturated heterocycles. The topological polar surface area (TPSA) is 85.1 Å². The van der Waals surface area contributed by atoms with Crippen molar-refractivity contribution in [1.29, 1.82) is 0 Å². The maximum atomic E-state index is 13.4. The van der Waals surface area contributed by atoms with Crippen molar-refractivity contribution in [2.75, 3.05) is 4.72 Å². The molecule has 6 nitrogen and oxygen atoms in total. The molecule has 0 radical (unpaired) electrons. The van der Waals surface area contributed by atoms with E-state index in [1.54, 1.807) is 12.1 Å². The van der Waals surface area contributed by atoms with Gasteiger partial charge in [0.25, 0.3) is 15.9 Å². The molecule has 0 atom stereocenters. The van der Waals surface area contributed by atoms with Gasteiger partial charge in [0.2, 0.25) is 5.82 Å². The molecule has 146 valence electrons. The maximum Gasteiger partial charge on any atom is 0.262 e. The first kappa shape index (κ1) is 18.8. The first-order valence-corrected chi connectivity index (χ1v) is 9.88. The predicted molar refractivity (Wildman–Crippen MR) is 102 cm³/mol. The minimum Gasteiger partial charge on any atom is -0.334 e. The van der Waals surface area contributed by atoms with Crippen LogP contribution in [0.3, 0.4) is 0 Å². The highest BCUT2D eigenvalue weighted by molar-refractivity contribution is 7.92. The Morgan fingerprint density at radius 1 is 0.862 bits per heavy atom. The molecule has 3 aromatic carbocycles. The van der Waals surface area contributed by atoms with Gasteiger partial charge in [0.05, 0.1) is 11.3 Å². The number of benzene rings is 3. The summed E-state index contributed by atoms with van der Waals surface area (Å²) in [6.45, 7) is 0. The van der Waals surface area contributed by atoms with Crippen molar-refractivity contribution in [3.8, 4) is 22.8 Å². The van der Waals surface area contributed by atoms with Gasteiger partial charge in [0, 0.05) is 5.56 Å². The van der Waals surface area contributed by atoms with Gasteiger partial charge in [0.1, 0.15) is 16.5 Å². The summed E-state index contributed by atoms with van der Waals surface area (Å²) in [5.41, 5.74) is 0.772. The lowest BCUT2D eigenvalue weighted by atomic mass is 10.2. The average molecular weight is 413 g/mol. The Hall–Kier alpha value is -3.59. The van der Waals surface area contributed by atoms with Crippen molar-refractivity contribution >= 4 is 15.7 Å². The van der Waals surface area contributed by atoms with Crippen LogP contribution in [0.5, 0.6) is 0 Å². The van der Waals surface area contributed by atoms with E-state index in [-0.39, 0.29) is 27.9 Å². The Labute approximate surface area is 164 Å². The number of sulfonamides is 1. The Kier molecular flexibility index (Phi) is 4.81. The van der Waals surface area contributed by atoms with E-state index < -0.39 is 21.7 Å². The Bertz CT molecular complexity index is 1270. The zero-order valence-corrected chi connectivity index (χ0v) is 15.5. The second-order valence-electron chi connectivity index (χ2n) is 6.04. The molecule has 4 aromatic rings. The maximum absolute atomic E-state index is 13.4. The fraction of sp³-hybridized carbons (Fsp3) is 0. The lowest BCUT2D eigenvalue weighted by molar-refractivity contribution is 0.431. The molecule has 0 aliphatic carbocycles. The van der Waals surface area contributed by atoms with Crippen LogP contribution in [0.15, 0.2) is 82.2 Å². The van der Waals surface area contributed by atoms with Crippen LogP contribution in [-0.2, 0) is 10.0 Å². The summed E-state index contributed by atoms with van der Waals surface area (Å²) in [6.07, 6.45) is 0. The number of anilines is 1. The molecule has 0 aliphatic heterocycles. The number of aromatic nitrogens is 2. The molecule has 0 aliphatic rings. The van der Waals surface area contributed by atoms with E-state index in [2.05, 4.69) is 14.9 Å². The van der Waals surface area contributed by atoms with Crippen LogP contribution < -0.4 is 4.72 Å². The summed E-state index contributed by atoms with van der Waals surface area (Å²) in [5.74, 6) is -0.813. The summed E-state index contributed by atoms with van der Waals surface area (Å²) < 4.78 is 59.8. The van der Waals surface area contributed by atoms with E-state index in [4.69, 9.17) is 4.52 Å². The number of hydrogen-bond donors (Lipinski definition) is 1. The highest BCUT2D eigenvalue weighted by Crippen LogP contribution is 2.29. The van der Waals surface area contributed by atoms with Crippen LogP contribution in [-0.4, -0.2) is 18.6 Å². The van der Waals surface area contributed by atoms with Crippen molar-refractivity contribution in [2.45, 2.75) is 4.90 Å². The van der Waals surface area contributed by atoms with Crippen molar-refractivity contribution in [2.24, 2.45) is 0 Å². The highest BCUT2D eigenvalue weighted by Gasteiger charge is 2.23. The molecule has 1 N–H and O–H groups in total. The number of nitrogens with one attached hydrogen (secondary N) is 1. The number of halogens is 2. The molecule has 4 rings (SSSR count). The van der Waals surface area contributed by atoms with Crippen LogP contribution in [0, 0.1) is 11.6 Å². The summed E-state index contributed by atoms with van der Waals surface area (Å²) in [6, 6.07) is 16.6. The van der Waals surface area contributed by atoms with Gasteiger partial charge in [-0.2, -0.15) is 4.98 Å². The smallest absolute Gasteiger partial charge is 0.262 e. The van der Waals surface area contributed by atoms with Gasteiger partial charge in [-0.05, 0) is 54.6 Å². The van der Waals surface area contributed by atoms with Crippen molar-refractivity contribution in [1.82, 2.24) is 10.1 Å². The number of hydrogen-bond acceptors (Lipinski definition) is 5. The highest BCUT2D eigenvalue weighted by atomic mass is 32.2. The second-order valence-corrected chi connectivity index (χ2v) is 7.69. The molecule has 0 fully saturated rings. The Balaban J connectivity index is 1.71. The number of rotatable bonds is 5.